The number of carbonyl (C=O) groups is 1. The van der Waals surface area contributed by atoms with Gasteiger partial charge >= 0.3 is 6.61 Å². The van der Waals surface area contributed by atoms with Crippen molar-refractivity contribution in [2.24, 2.45) is 5.92 Å². The van der Waals surface area contributed by atoms with Gasteiger partial charge in [-0.05, 0) is 48.6 Å². The number of nitrogens with one attached hydrogen (secondary N) is 1. The van der Waals surface area contributed by atoms with E-state index in [1.54, 1.807) is 24.3 Å². The predicted molar refractivity (Wildman–Crippen MR) is 87.5 cm³/mol. The minimum absolute atomic E-state index is 0.0948. The third-order valence-corrected chi connectivity index (χ3v) is 4.21. The summed E-state index contributed by atoms with van der Waals surface area (Å²) in [5.74, 6) is -0.216. The maximum Gasteiger partial charge on any atom is 0.387 e. The molecular weight excluding hydrogens is 336 g/mol. The summed E-state index contributed by atoms with van der Waals surface area (Å²) in [4.78, 5) is 12.6. The monoisotopic (exact) mass is 351 g/mol. The maximum absolute atomic E-state index is 12.6. The minimum atomic E-state index is -2.98. The Bertz CT molecular complexity index is 717. The molecule has 1 N–H and O–H groups in total. The molecule has 1 amide bonds. The maximum atomic E-state index is 12.6. The van der Waals surface area contributed by atoms with E-state index < -0.39 is 12.5 Å². The summed E-state index contributed by atoms with van der Waals surface area (Å²) in [5.41, 5.74) is 1.04. The summed E-state index contributed by atoms with van der Waals surface area (Å²) in [6.07, 6.45) is 2.03. The zero-order valence-electron chi connectivity index (χ0n) is 12.7. The van der Waals surface area contributed by atoms with Crippen LogP contribution in [-0.2, 0) is 0 Å². The molecule has 3 rings (SSSR count). The van der Waals surface area contributed by atoms with Gasteiger partial charge in [0, 0.05) is 5.02 Å². The van der Waals surface area contributed by atoms with Gasteiger partial charge in [-0.3, -0.25) is 4.79 Å². The lowest BCUT2D eigenvalue weighted by molar-refractivity contribution is -0.0501. The van der Waals surface area contributed by atoms with Crippen LogP contribution in [0.2, 0.25) is 5.02 Å². The molecule has 1 atom stereocenters. The Balaban J connectivity index is 1.81. The molecule has 0 aromatic heterocycles. The number of amides is 1. The fourth-order valence-corrected chi connectivity index (χ4v) is 2.77. The SMILES string of the molecule is O=C(N[C@H](c1ccc(Cl)cc1)C1CC1)c1ccccc1OC(F)F. The van der Waals surface area contributed by atoms with Crippen molar-refractivity contribution >= 4 is 17.5 Å². The number of carbonyl (C=O) groups excluding carboxylic acids is 1. The van der Waals surface area contributed by atoms with Crippen molar-refractivity contribution in [3.63, 3.8) is 0 Å². The van der Waals surface area contributed by atoms with Gasteiger partial charge in [-0.15, -0.1) is 0 Å². The lowest BCUT2D eigenvalue weighted by Gasteiger charge is -2.20. The molecule has 6 heteroatoms. The van der Waals surface area contributed by atoms with Crippen LogP contribution < -0.4 is 10.1 Å². The van der Waals surface area contributed by atoms with Gasteiger partial charge in [0.2, 0.25) is 0 Å². The first-order valence-electron chi connectivity index (χ1n) is 7.65. The quantitative estimate of drug-likeness (QED) is 0.810. The van der Waals surface area contributed by atoms with E-state index in [0.29, 0.717) is 10.9 Å². The Morgan fingerprint density at radius 3 is 2.42 bits per heavy atom. The van der Waals surface area contributed by atoms with Crippen LogP contribution >= 0.6 is 11.6 Å². The molecule has 24 heavy (non-hydrogen) atoms. The van der Waals surface area contributed by atoms with Gasteiger partial charge in [0.15, 0.2) is 0 Å². The smallest absolute Gasteiger partial charge is 0.387 e. The van der Waals surface area contributed by atoms with Crippen LogP contribution in [0.1, 0.15) is 34.8 Å². The molecule has 126 valence electrons. The Kier molecular flexibility index (Phi) is 5.00. The number of benzene rings is 2. The second-order valence-corrected chi connectivity index (χ2v) is 6.15. The standard InChI is InChI=1S/C18H16ClF2NO2/c19-13-9-7-12(8-10-13)16(11-5-6-11)22-17(23)14-3-1-2-4-15(14)24-18(20)21/h1-4,7-11,16,18H,5-6H2,(H,22,23)/t16-/m0/s1. The summed E-state index contributed by atoms with van der Waals surface area (Å²) in [7, 11) is 0. The number of hydrogen-bond acceptors (Lipinski definition) is 2. The molecule has 1 saturated carbocycles. The van der Waals surface area contributed by atoms with E-state index in [2.05, 4.69) is 10.1 Å². The lowest BCUT2D eigenvalue weighted by atomic mass is 10.0. The van der Waals surface area contributed by atoms with Crippen LogP contribution in [0.4, 0.5) is 8.78 Å². The van der Waals surface area contributed by atoms with Crippen LogP contribution in [0.5, 0.6) is 5.75 Å². The second kappa shape index (κ2) is 7.18. The van der Waals surface area contributed by atoms with Crippen molar-refractivity contribution in [2.75, 3.05) is 0 Å². The molecule has 3 nitrogen and oxygen atoms in total. The summed E-state index contributed by atoms with van der Waals surface area (Å²) < 4.78 is 29.4. The van der Waals surface area contributed by atoms with Crippen LogP contribution in [0.3, 0.4) is 0 Å². The number of para-hydroxylation sites is 1. The number of ether oxygens (including phenoxy) is 1. The van der Waals surface area contributed by atoms with Gasteiger partial charge in [-0.2, -0.15) is 8.78 Å². The van der Waals surface area contributed by atoms with Crippen molar-refractivity contribution in [1.82, 2.24) is 5.32 Å². The third-order valence-electron chi connectivity index (χ3n) is 3.96. The highest BCUT2D eigenvalue weighted by Crippen LogP contribution is 2.41. The summed E-state index contributed by atoms with van der Waals surface area (Å²) in [5, 5.41) is 3.56. The molecule has 1 fully saturated rings. The molecule has 0 heterocycles. The summed E-state index contributed by atoms with van der Waals surface area (Å²) in [6.45, 7) is -2.98. The first-order chi connectivity index (χ1) is 11.5. The zero-order chi connectivity index (χ0) is 17.1. The molecule has 0 bridgehead atoms. The van der Waals surface area contributed by atoms with Crippen molar-refractivity contribution in [3.8, 4) is 5.75 Å². The van der Waals surface area contributed by atoms with Gasteiger partial charge in [-0.1, -0.05) is 35.9 Å². The Morgan fingerprint density at radius 1 is 1.12 bits per heavy atom. The van der Waals surface area contributed by atoms with E-state index in [1.165, 1.54) is 12.1 Å². The number of rotatable bonds is 6. The highest BCUT2D eigenvalue weighted by Gasteiger charge is 2.34. The normalized spacial score (nSPS) is 15.2. The van der Waals surface area contributed by atoms with Crippen molar-refractivity contribution in [1.29, 1.82) is 0 Å². The number of hydrogen-bond donors (Lipinski definition) is 1. The van der Waals surface area contributed by atoms with Crippen molar-refractivity contribution < 1.29 is 18.3 Å². The Labute approximate surface area is 143 Å². The first kappa shape index (κ1) is 16.7. The Hall–Kier alpha value is -2.14. The zero-order valence-corrected chi connectivity index (χ0v) is 13.5. The van der Waals surface area contributed by atoms with Gasteiger partial charge in [-0.25, -0.2) is 0 Å². The van der Waals surface area contributed by atoms with Crippen molar-refractivity contribution in [2.45, 2.75) is 25.5 Å². The second-order valence-electron chi connectivity index (χ2n) is 5.71. The van der Waals surface area contributed by atoms with Crippen LogP contribution in [0.25, 0.3) is 0 Å². The van der Waals surface area contributed by atoms with Crippen LogP contribution in [0.15, 0.2) is 48.5 Å². The van der Waals surface area contributed by atoms with E-state index >= 15 is 0 Å². The molecule has 2 aromatic carbocycles. The van der Waals surface area contributed by atoms with Gasteiger partial charge in [0.1, 0.15) is 5.75 Å². The molecule has 2 aromatic rings. The Morgan fingerprint density at radius 2 is 1.79 bits per heavy atom. The highest BCUT2D eigenvalue weighted by molar-refractivity contribution is 6.30. The summed E-state index contributed by atoms with van der Waals surface area (Å²) in [6, 6.07) is 13.1. The van der Waals surface area contributed by atoms with Gasteiger partial charge in [0.25, 0.3) is 5.91 Å². The van der Waals surface area contributed by atoms with Gasteiger partial charge < -0.3 is 10.1 Å². The highest BCUT2D eigenvalue weighted by atomic mass is 35.5. The number of alkyl halides is 2. The fourth-order valence-electron chi connectivity index (χ4n) is 2.64. The predicted octanol–water partition coefficient (Wildman–Crippen LogP) is 4.82. The molecule has 0 radical (unpaired) electrons. The molecule has 1 aliphatic rings. The molecule has 0 unspecified atom stereocenters. The average molecular weight is 352 g/mol. The fraction of sp³-hybridized carbons (Fsp3) is 0.278. The average Bonchev–Trinajstić information content (AvgIpc) is 3.38. The molecule has 0 aliphatic heterocycles. The first-order valence-corrected chi connectivity index (χ1v) is 8.02. The van der Waals surface area contributed by atoms with E-state index in [0.717, 1.165) is 18.4 Å². The minimum Gasteiger partial charge on any atom is -0.434 e. The summed E-state index contributed by atoms with van der Waals surface area (Å²) >= 11 is 5.91. The number of halogens is 3. The van der Waals surface area contributed by atoms with Gasteiger partial charge in [0.05, 0.1) is 11.6 Å². The topological polar surface area (TPSA) is 38.3 Å². The largest absolute Gasteiger partial charge is 0.434 e. The van der Waals surface area contributed by atoms with Crippen LogP contribution in [-0.4, -0.2) is 12.5 Å². The molecule has 0 saturated heterocycles. The van der Waals surface area contributed by atoms with E-state index in [1.807, 2.05) is 12.1 Å². The van der Waals surface area contributed by atoms with E-state index in [-0.39, 0.29) is 17.4 Å². The van der Waals surface area contributed by atoms with E-state index in [4.69, 9.17) is 11.6 Å². The third kappa shape index (κ3) is 4.03. The lowest BCUT2D eigenvalue weighted by Crippen LogP contribution is -2.30. The molecule has 0 spiro atoms. The van der Waals surface area contributed by atoms with E-state index in [9.17, 15) is 13.6 Å². The van der Waals surface area contributed by atoms with Crippen molar-refractivity contribution in [3.05, 3.63) is 64.7 Å². The molecule has 1 aliphatic carbocycles. The van der Waals surface area contributed by atoms with Crippen LogP contribution in [0, 0.1) is 5.92 Å². The molecular formula is C18H16ClF2NO2.